The molecule has 0 bridgehead atoms. The number of hydrazine groups is 1. The zero-order chi connectivity index (χ0) is 18.5. The number of hydrogen-bond acceptors (Lipinski definition) is 4. The van der Waals surface area contributed by atoms with E-state index in [1.807, 2.05) is 35.2 Å². The molecule has 138 valence electrons. The summed E-state index contributed by atoms with van der Waals surface area (Å²) in [7, 11) is 0. The Morgan fingerprint density at radius 2 is 1.77 bits per heavy atom. The second-order valence-electron chi connectivity index (χ2n) is 6.66. The average molecular weight is 355 g/mol. The first-order chi connectivity index (χ1) is 12.6. The number of rotatable bonds is 5. The molecule has 2 heterocycles. The molecule has 1 fully saturated rings. The molecule has 1 saturated heterocycles. The molecule has 1 aromatic carbocycles. The summed E-state index contributed by atoms with van der Waals surface area (Å²) in [6.45, 7) is 5.06. The van der Waals surface area contributed by atoms with Crippen LogP contribution in [0.2, 0.25) is 0 Å². The molecular formula is C20H25N3O3. The van der Waals surface area contributed by atoms with Crippen LogP contribution in [-0.4, -0.2) is 29.8 Å². The topological polar surface area (TPSA) is 74.6 Å². The lowest BCUT2D eigenvalue weighted by molar-refractivity contribution is -0.134. The third-order valence-electron chi connectivity index (χ3n) is 4.66. The summed E-state index contributed by atoms with van der Waals surface area (Å²) < 4.78 is 5.41. The van der Waals surface area contributed by atoms with Gasteiger partial charge in [-0.05, 0) is 44.7 Å². The van der Waals surface area contributed by atoms with Crippen LogP contribution in [0.4, 0.5) is 0 Å². The first-order valence-corrected chi connectivity index (χ1v) is 9.03. The highest BCUT2D eigenvalue weighted by atomic mass is 16.3. The Hall–Kier alpha value is -2.60. The van der Waals surface area contributed by atoms with Gasteiger partial charge in [-0.3, -0.25) is 15.0 Å². The molecule has 2 N–H and O–H groups in total. The number of carbonyl (C=O) groups is 2. The van der Waals surface area contributed by atoms with E-state index in [0.29, 0.717) is 17.1 Å². The van der Waals surface area contributed by atoms with Gasteiger partial charge in [0.15, 0.2) is 0 Å². The monoisotopic (exact) mass is 355 g/mol. The number of likely N-dealkylation sites (tertiary alicyclic amines) is 1. The lowest BCUT2D eigenvalue weighted by atomic mass is 10.0. The standard InChI is InChI=1S/C20H25N3O3/c1-14-13-17(15(2)26-14)19(24)22-21-18(16-9-5-3-6-10-16)20(25)23-11-7-4-8-12-23/h3,5-6,9-10,13,18,21H,4,7-8,11-12H2,1-2H3,(H,22,24)/t18-/m0/s1. The quantitative estimate of drug-likeness (QED) is 0.809. The number of furan rings is 1. The summed E-state index contributed by atoms with van der Waals surface area (Å²) >= 11 is 0. The lowest BCUT2D eigenvalue weighted by Gasteiger charge is -2.31. The fraction of sp³-hybridized carbons (Fsp3) is 0.400. The number of amides is 2. The van der Waals surface area contributed by atoms with Crippen molar-refractivity contribution in [3.8, 4) is 0 Å². The van der Waals surface area contributed by atoms with Crippen LogP contribution in [-0.2, 0) is 4.79 Å². The Bertz CT molecular complexity index is 764. The molecule has 1 aliphatic heterocycles. The molecule has 0 spiro atoms. The molecule has 1 aromatic heterocycles. The minimum Gasteiger partial charge on any atom is -0.466 e. The maximum atomic E-state index is 13.0. The Morgan fingerprint density at radius 1 is 1.08 bits per heavy atom. The van der Waals surface area contributed by atoms with Gasteiger partial charge in [-0.25, -0.2) is 5.43 Å². The number of nitrogens with one attached hydrogen (secondary N) is 2. The first kappa shape index (κ1) is 18.2. The fourth-order valence-electron chi connectivity index (χ4n) is 3.29. The Balaban J connectivity index is 1.74. The van der Waals surface area contributed by atoms with Gasteiger partial charge in [0, 0.05) is 13.1 Å². The predicted octanol–water partition coefficient (Wildman–Crippen LogP) is 2.88. The Kier molecular flexibility index (Phi) is 5.73. The van der Waals surface area contributed by atoms with Crippen molar-refractivity contribution in [3.05, 3.63) is 59.0 Å². The van der Waals surface area contributed by atoms with E-state index >= 15 is 0 Å². The summed E-state index contributed by atoms with van der Waals surface area (Å²) in [4.78, 5) is 27.3. The van der Waals surface area contributed by atoms with Gasteiger partial charge in [0.2, 0.25) is 5.91 Å². The summed E-state index contributed by atoms with van der Waals surface area (Å²) in [5.41, 5.74) is 6.90. The van der Waals surface area contributed by atoms with Gasteiger partial charge in [-0.1, -0.05) is 30.3 Å². The minimum absolute atomic E-state index is 0.0173. The molecule has 0 radical (unpaired) electrons. The molecule has 1 atom stereocenters. The van der Waals surface area contributed by atoms with Gasteiger partial charge in [0.1, 0.15) is 17.6 Å². The van der Waals surface area contributed by atoms with E-state index in [9.17, 15) is 9.59 Å². The molecule has 0 saturated carbocycles. The lowest BCUT2D eigenvalue weighted by Crippen LogP contribution is -2.48. The Labute approximate surface area is 153 Å². The average Bonchev–Trinajstić information content (AvgIpc) is 3.01. The van der Waals surface area contributed by atoms with Crippen molar-refractivity contribution in [3.63, 3.8) is 0 Å². The molecule has 2 amide bonds. The zero-order valence-electron chi connectivity index (χ0n) is 15.2. The molecule has 2 aromatic rings. The van der Waals surface area contributed by atoms with E-state index in [1.165, 1.54) is 0 Å². The van der Waals surface area contributed by atoms with Gasteiger partial charge in [0.05, 0.1) is 5.56 Å². The van der Waals surface area contributed by atoms with E-state index in [0.717, 1.165) is 37.9 Å². The number of nitrogens with zero attached hydrogens (tertiary/aromatic N) is 1. The van der Waals surface area contributed by atoms with E-state index < -0.39 is 6.04 Å². The van der Waals surface area contributed by atoms with Crippen molar-refractivity contribution in [2.24, 2.45) is 0 Å². The number of carbonyl (C=O) groups excluding carboxylic acids is 2. The van der Waals surface area contributed by atoms with Crippen LogP contribution < -0.4 is 10.9 Å². The van der Waals surface area contributed by atoms with Crippen molar-refractivity contribution in [2.75, 3.05) is 13.1 Å². The van der Waals surface area contributed by atoms with Crippen molar-refractivity contribution in [2.45, 2.75) is 39.2 Å². The molecule has 1 aliphatic rings. The summed E-state index contributed by atoms with van der Waals surface area (Å²) in [6.07, 6.45) is 3.20. The molecule has 26 heavy (non-hydrogen) atoms. The summed E-state index contributed by atoms with van der Waals surface area (Å²) in [5.74, 6) is 0.903. The maximum absolute atomic E-state index is 13.0. The normalized spacial score (nSPS) is 15.5. The number of piperidine rings is 1. The van der Waals surface area contributed by atoms with E-state index in [-0.39, 0.29) is 11.8 Å². The van der Waals surface area contributed by atoms with Gasteiger partial charge in [0.25, 0.3) is 5.91 Å². The van der Waals surface area contributed by atoms with Gasteiger partial charge >= 0.3 is 0 Å². The van der Waals surface area contributed by atoms with Gasteiger partial charge in [-0.2, -0.15) is 0 Å². The second-order valence-corrected chi connectivity index (χ2v) is 6.66. The van der Waals surface area contributed by atoms with Crippen LogP contribution in [0.3, 0.4) is 0 Å². The zero-order valence-corrected chi connectivity index (χ0v) is 15.2. The molecule has 6 nitrogen and oxygen atoms in total. The molecule has 0 aliphatic carbocycles. The fourth-order valence-corrected chi connectivity index (χ4v) is 3.29. The van der Waals surface area contributed by atoms with Crippen LogP contribution in [0.15, 0.2) is 40.8 Å². The van der Waals surface area contributed by atoms with Gasteiger partial charge in [-0.15, -0.1) is 0 Å². The van der Waals surface area contributed by atoms with Crippen molar-refractivity contribution < 1.29 is 14.0 Å². The van der Waals surface area contributed by atoms with Gasteiger partial charge < -0.3 is 9.32 Å². The van der Waals surface area contributed by atoms with Crippen LogP contribution in [0.5, 0.6) is 0 Å². The van der Waals surface area contributed by atoms with Crippen LogP contribution in [0.25, 0.3) is 0 Å². The van der Waals surface area contributed by atoms with Crippen molar-refractivity contribution in [1.82, 2.24) is 15.8 Å². The van der Waals surface area contributed by atoms with E-state index in [4.69, 9.17) is 4.42 Å². The van der Waals surface area contributed by atoms with E-state index in [1.54, 1.807) is 19.9 Å². The third kappa shape index (κ3) is 4.14. The van der Waals surface area contributed by atoms with E-state index in [2.05, 4.69) is 10.9 Å². The number of hydrogen-bond donors (Lipinski definition) is 2. The molecular weight excluding hydrogens is 330 g/mol. The smallest absolute Gasteiger partial charge is 0.268 e. The highest BCUT2D eigenvalue weighted by Crippen LogP contribution is 2.19. The Morgan fingerprint density at radius 3 is 2.38 bits per heavy atom. The minimum atomic E-state index is -0.619. The number of benzene rings is 1. The van der Waals surface area contributed by atoms with Crippen LogP contribution in [0.1, 0.15) is 52.7 Å². The number of aryl methyl sites for hydroxylation is 2. The second kappa shape index (κ2) is 8.19. The molecule has 6 heteroatoms. The summed E-state index contributed by atoms with van der Waals surface area (Å²) in [5, 5.41) is 0. The highest BCUT2D eigenvalue weighted by molar-refractivity contribution is 5.95. The predicted molar refractivity (Wildman–Crippen MR) is 98.4 cm³/mol. The van der Waals surface area contributed by atoms with Crippen molar-refractivity contribution >= 4 is 11.8 Å². The van der Waals surface area contributed by atoms with Crippen molar-refractivity contribution in [1.29, 1.82) is 0 Å². The first-order valence-electron chi connectivity index (χ1n) is 9.03. The third-order valence-corrected chi connectivity index (χ3v) is 4.66. The van der Waals surface area contributed by atoms with Crippen LogP contribution >= 0.6 is 0 Å². The van der Waals surface area contributed by atoms with Crippen LogP contribution in [0, 0.1) is 13.8 Å². The molecule has 0 unspecified atom stereocenters. The SMILES string of the molecule is Cc1cc(C(=O)NN[C@H](C(=O)N2CCCCC2)c2ccccc2)c(C)o1. The molecule has 3 rings (SSSR count). The highest BCUT2D eigenvalue weighted by Gasteiger charge is 2.27. The maximum Gasteiger partial charge on any atom is 0.268 e. The summed E-state index contributed by atoms with van der Waals surface area (Å²) in [6, 6.07) is 10.5. The largest absolute Gasteiger partial charge is 0.466 e.